The van der Waals surface area contributed by atoms with Crippen LogP contribution in [-0.2, 0) is 24.8 Å². The standard InChI is InChI=1S/C13H20N6O2/c1-5-7-10-12(13(20)21-6-2)16-17-19(10)8-11-15-14-9(3)18(11)4/h5-8H2,1-4H3. The van der Waals surface area contributed by atoms with Gasteiger partial charge in [0, 0.05) is 7.05 Å². The maximum Gasteiger partial charge on any atom is 0.360 e. The average Bonchev–Trinajstić information content (AvgIpc) is 2.99. The van der Waals surface area contributed by atoms with Crippen molar-refractivity contribution < 1.29 is 9.53 Å². The first kappa shape index (κ1) is 15.1. The summed E-state index contributed by atoms with van der Waals surface area (Å²) < 4.78 is 8.60. The third kappa shape index (κ3) is 3.09. The van der Waals surface area contributed by atoms with Crippen LogP contribution in [0.1, 0.15) is 48.1 Å². The second-order valence-corrected chi connectivity index (χ2v) is 4.74. The van der Waals surface area contributed by atoms with Crippen LogP contribution in [0.25, 0.3) is 0 Å². The van der Waals surface area contributed by atoms with Crippen LogP contribution >= 0.6 is 0 Å². The summed E-state index contributed by atoms with van der Waals surface area (Å²) in [5, 5.41) is 16.2. The Labute approximate surface area is 123 Å². The molecule has 8 heteroatoms. The van der Waals surface area contributed by atoms with Gasteiger partial charge in [-0.2, -0.15) is 0 Å². The normalized spacial score (nSPS) is 10.9. The van der Waals surface area contributed by atoms with Gasteiger partial charge in [-0.05, 0) is 20.3 Å². The Balaban J connectivity index is 2.31. The van der Waals surface area contributed by atoms with Crippen LogP contribution in [0.2, 0.25) is 0 Å². The third-order valence-corrected chi connectivity index (χ3v) is 3.27. The summed E-state index contributed by atoms with van der Waals surface area (Å²) in [5.74, 6) is 1.17. The van der Waals surface area contributed by atoms with Gasteiger partial charge in [-0.15, -0.1) is 15.3 Å². The molecule has 0 N–H and O–H groups in total. The van der Waals surface area contributed by atoms with E-state index in [1.165, 1.54) is 0 Å². The minimum absolute atomic E-state index is 0.289. The van der Waals surface area contributed by atoms with E-state index in [0.717, 1.165) is 23.8 Å². The Hall–Kier alpha value is -2.25. The number of ether oxygens (including phenoxy) is 1. The maximum absolute atomic E-state index is 11.9. The molecule has 2 aromatic heterocycles. The molecule has 0 fully saturated rings. The molecule has 2 heterocycles. The fourth-order valence-corrected chi connectivity index (χ4v) is 2.02. The highest BCUT2D eigenvalue weighted by atomic mass is 16.5. The molecule has 0 aliphatic rings. The number of aryl methyl sites for hydroxylation is 1. The van der Waals surface area contributed by atoms with Crippen molar-refractivity contribution in [2.75, 3.05) is 6.61 Å². The first-order valence-electron chi connectivity index (χ1n) is 7.02. The van der Waals surface area contributed by atoms with Crippen LogP contribution in [0.15, 0.2) is 0 Å². The fraction of sp³-hybridized carbons (Fsp3) is 0.615. The van der Waals surface area contributed by atoms with Gasteiger partial charge in [-0.25, -0.2) is 9.48 Å². The number of aromatic nitrogens is 6. The number of hydrogen-bond acceptors (Lipinski definition) is 6. The molecule has 0 saturated heterocycles. The SMILES string of the molecule is CCCc1c(C(=O)OCC)nnn1Cc1nnc(C)n1C. The van der Waals surface area contributed by atoms with Gasteiger partial charge in [0.2, 0.25) is 0 Å². The van der Waals surface area contributed by atoms with Gasteiger partial charge in [0.25, 0.3) is 0 Å². The lowest BCUT2D eigenvalue weighted by molar-refractivity contribution is 0.0518. The summed E-state index contributed by atoms with van der Waals surface area (Å²) in [7, 11) is 1.90. The highest BCUT2D eigenvalue weighted by Gasteiger charge is 2.21. The van der Waals surface area contributed by atoms with Gasteiger partial charge in [-0.1, -0.05) is 18.6 Å². The van der Waals surface area contributed by atoms with Crippen LogP contribution < -0.4 is 0 Å². The average molecular weight is 292 g/mol. The highest BCUT2D eigenvalue weighted by Crippen LogP contribution is 2.12. The van der Waals surface area contributed by atoms with E-state index in [1.54, 1.807) is 11.6 Å². The number of carbonyl (C=O) groups excluding carboxylic acids is 1. The zero-order valence-electron chi connectivity index (χ0n) is 12.8. The number of hydrogen-bond donors (Lipinski definition) is 0. The zero-order valence-corrected chi connectivity index (χ0v) is 12.8. The molecule has 0 saturated carbocycles. The summed E-state index contributed by atoms with van der Waals surface area (Å²) in [6, 6.07) is 0. The van der Waals surface area contributed by atoms with Crippen LogP contribution in [0.3, 0.4) is 0 Å². The quantitative estimate of drug-likeness (QED) is 0.735. The molecule has 0 aliphatic heterocycles. The summed E-state index contributed by atoms with van der Waals surface area (Å²) >= 11 is 0. The molecular weight excluding hydrogens is 272 g/mol. The highest BCUT2D eigenvalue weighted by molar-refractivity contribution is 5.88. The van der Waals surface area contributed by atoms with Crippen LogP contribution in [0, 0.1) is 6.92 Å². The molecule has 2 aromatic rings. The lowest BCUT2D eigenvalue weighted by atomic mass is 10.2. The molecule has 0 unspecified atom stereocenters. The predicted octanol–water partition coefficient (Wildman–Crippen LogP) is 0.893. The van der Waals surface area contributed by atoms with Gasteiger partial charge in [0.15, 0.2) is 11.5 Å². The molecule has 0 atom stereocenters. The number of rotatable bonds is 6. The fourth-order valence-electron chi connectivity index (χ4n) is 2.02. The van der Waals surface area contributed by atoms with Crippen molar-refractivity contribution in [2.24, 2.45) is 7.05 Å². The van der Waals surface area contributed by atoms with E-state index in [9.17, 15) is 4.79 Å². The van der Waals surface area contributed by atoms with Crippen molar-refractivity contribution in [1.82, 2.24) is 29.8 Å². The van der Waals surface area contributed by atoms with Crippen LogP contribution in [0.4, 0.5) is 0 Å². The maximum atomic E-state index is 11.9. The Kier molecular flexibility index (Phi) is 4.66. The predicted molar refractivity (Wildman–Crippen MR) is 74.8 cm³/mol. The summed E-state index contributed by atoms with van der Waals surface area (Å²) in [6.07, 6.45) is 1.59. The zero-order chi connectivity index (χ0) is 15.4. The van der Waals surface area contributed by atoms with Crippen molar-refractivity contribution in [2.45, 2.75) is 40.2 Å². The van der Waals surface area contributed by atoms with Gasteiger partial charge in [0.05, 0.1) is 12.3 Å². The molecule has 0 bridgehead atoms. The largest absolute Gasteiger partial charge is 0.461 e. The number of nitrogens with zero attached hydrogens (tertiary/aromatic N) is 6. The second kappa shape index (κ2) is 6.47. The monoisotopic (exact) mass is 292 g/mol. The second-order valence-electron chi connectivity index (χ2n) is 4.74. The van der Waals surface area contributed by atoms with Gasteiger partial charge in [-0.3, -0.25) is 0 Å². The van der Waals surface area contributed by atoms with E-state index in [-0.39, 0.29) is 5.69 Å². The van der Waals surface area contributed by atoms with Crippen LogP contribution in [-0.4, -0.2) is 42.3 Å². The molecule has 8 nitrogen and oxygen atoms in total. The Morgan fingerprint density at radius 3 is 2.57 bits per heavy atom. The number of carbonyl (C=O) groups is 1. The van der Waals surface area contributed by atoms with E-state index in [1.807, 2.05) is 25.5 Å². The van der Waals surface area contributed by atoms with Crippen molar-refractivity contribution in [1.29, 1.82) is 0 Å². The Morgan fingerprint density at radius 1 is 1.24 bits per heavy atom. The van der Waals surface area contributed by atoms with Crippen molar-refractivity contribution in [3.8, 4) is 0 Å². The molecule has 21 heavy (non-hydrogen) atoms. The lowest BCUT2D eigenvalue weighted by Gasteiger charge is -2.07. The van der Waals surface area contributed by atoms with E-state index < -0.39 is 5.97 Å². The molecule has 0 aliphatic carbocycles. The van der Waals surface area contributed by atoms with Gasteiger partial charge >= 0.3 is 5.97 Å². The van der Waals surface area contributed by atoms with Gasteiger partial charge < -0.3 is 9.30 Å². The van der Waals surface area contributed by atoms with Crippen molar-refractivity contribution in [3.63, 3.8) is 0 Å². The molecule has 0 amide bonds. The van der Waals surface area contributed by atoms with E-state index in [2.05, 4.69) is 20.5 Å². The first-order valence-corrected chi connectivity index (χ1v) is 7.02. The topological polar surface area (TPSA) is 87.7 Å². The third-order valence-electron chi connectivity index (χ3n) is 3.27. The van der Waals surface area contributed by atoms with Crippen LogP contribution in [0.5, 0.6) is 0 Å². The summed E-state index contributed by atoms with van der Waals surface area (Å²) in [5.41, 5.74) is 1.06. The van der Waals surface area contributed by atoms with Crippen molar-refractivity contribution in [3.05, 3.63) is 23.0 Å². The lowest BCUT2D eigenvalue weighted by Crippen LogP contribution is -2.13. The summed E-state index contributed by atoms with van der Waals surface area (Å²) in [4.78, 5) is 11.9. The molecular formula is C13H20N6O2. The molecule has 2 rings (SSSR count). The molecule has 114 valence electrons. The minimum atomic E-state index is -0.429. The Bertz CT molecular complexity index is 631. The van der Waals surface area contributed by atoms with E-state index >= 15 is 0 Å². The van der Waals surface area contributed by atoms with E-state index in [4.69, 9.17) is 4.74 Å². The first-order chi connectivity index (χ1) is 10.1. The van der Waals surface area contributed by atoms with Crippen molar-refractivity contribution >= 4 is 5.97 Å². The molecule has 0 aromatic carbocycles. The van der Waals surface area contributed by atoms with E-state index in [0.29, 0.717) is 19.6 Å². The molecule has 0 spiro atoms. The number of esters is 1. The summed E-state index contributed by atoms with van der Waals surface area (Å²) in [6.45, 7) is 6.44. The van der Waals surface area contributed by atoms with Gasteiger partial charge in [0.1, 0.15) is 12.4 Å². The smallest absolute Gasteiger partial charge is 0.360 e. The minimum Gasteiger partial charge on any atom is -0.461 e. The molecule has 0 radical (unpaired) electrons. The Morgan fingerprint density at radius 2 is 2.00 bits per heavy atom.